The SMILES string of the molecule is CCOC(=O)Cc1csc(-c2cnn(C(C)(C)C)c2-c2ccccn2)n1. The molecule has 0 saturated carbocycles. The highest BCUT2D eigenvalue weighted by atomic mass is 32.1. The topological polar surface area (TPSA) is 69.9 Å². The molecule has 26 heavy (non-hydrogen) atoms. The Bertz CT molecular complexity index is 894. The molecule has 3 heterocycles. The normalized spacial score (nSPS) is 11.5. The van der Waals surface area contributed by atoms with Gasteiger partial charge in [0.2, 0.25) is 0 Å². The molecular formula is C19H22N4O2S. The maximum absolute atomic E-state index is 11.7. The van der Waals surface area contributed by atoms with E-state index >= 15 is 0 Å². The summed E-state index contributed by atoms with van der Waals surface area (Å²) in [6.07, 6.45) is 3.77. The zero-order valence-electron chi connectivity index (χ0n) is 15.4. The van der Waals surface area contributed by atoms with Gasteiger partial charge in [0, 0.05) is 11.6 Å². The van der Waals surface area contributed by atoms with Crippen molar-refractivity contribution in [1.82, 2.24) is 19.7 Å². The van der Waals surface area contributed by atoms with E-state index in [4.69, 9.17) is 4.74 Å². The van der Waals surface area contributed by atoms with Gasteiger partial charge in [-0.1, -0.05) is 6.07 Å². The molecule has 3 aromatic rings. The Morgan fingerprint density at radius 3 is 2.77 bits per heavy atom. The van der Waals surface area contributed by atoms with Crippen LogP contribution < -0.4 is 0 Å². The van der Waals surface area contributed by atoms with Crippen LogP contribution in [0.4, 0.5) is 0 Å². The molecular weight excluding hydrogens is 348 g/mol. The van der Waals surface area contributed by atoms with Gasteiger partial charge in [-0.25, -0.2) is 4.98 Å². The minimum absolute atomic E-state index is 0.177. The van der Waals surface area contributed by atoms with Gasteiger partial charge in [0.1, 0.15) is 5.01 Å². The van der Waals surface area contributed by atoms with E-state index in [1.54, 1.807) is 13.1 Å². The summed E-state index contributed by atoms with van der Waals surface area (Å²) in [7, 11) is 0. The molecule has 0 atom stereocenters. The number of hydrogen-bond donors (Lipinski definition) is 0. The molecule has 0 saturated heterocycles. The van der Waals surface area contributed by atoms with Gasteiger partial charge < -0.3 is 4.74 Å². The van der Waals surface area contributed by atoms with Crippen LogP contribution in [0.1, 0.15) is 33.4 Å². The summed E-state index contributed by atoms with van der Waals surface area (Å²) in [5, 5.41) is 7.30. The van der Waals surface area contributed by atoms with E-state index in [-0.39, 0.29) is 17.9 Å². The quantitative estimate of drug-likeness (QED) is 0.637. The summed E-state index contributed by atoms with van der Waals surface area (Å²) in [6.45, 7) is 8.47. The van der Waals surface area contributed by atoms with Crippen LogP contribution in [0, 0.1) is 0 Å². The van der Waals surface area contributed by atoms with Crippen LogP contribution in [-0.4, -0.2) is 32.3 Å². The second-order valence-corrected chi connectivity index (χ2v) is 7.69. The number of ether oxygens (including phenoxy) is 1. The van der Waals surface area contributed by atoms with E-state index in [0.29, 0.717) is 12.3 Å². The maximum atomic E-state index is 11.7. The van der Waals surface area contributed by atoms with Gasteiger partial charge in [0.25, 0.3) is 0 Å². The molecule has 0 fully saturated rings. The molecule has 0 aliphatic heterocycles. The molecule has 3 rings (SSSR count). The number of rotatable bonds is 5. The van der Waals surface area contributed by atoms with Crippen molar-refractivity contribution in [2.75, 3.05) is 6.61 Å². The summed E-state index contributed by atoms with van der Waals surface area (Å²) in [4.78, 5) is 20.8. The molecule has 0 amide bonds. The van der Waals surface area contributed by atoms with Crippen molar-refractivity contribution in [3.8, 4) is 22.0 Å². The number of esters is 1. The van der Waals surface area contributed by atoms with Gasteiger partial charge in [-0.2, -0.15) is 5.10 Å². The molecule has 0 N–H and O–H groups in total. The molecule has 0 bridgehead atoms. The fourth-order valence-corrected chi connectivity index (χ4v) is 3.46. The highest BCUT2D eigenvalue weighted by molar-refractivity contribution is 7.13. The van der Waals surface area contributed by atoms with Crippen LogP contribution in [0.15, 0.2) is 36.0 Å². The Hall–Kier alpha value is -2.54. The van der Waals surface area contributed by atoms with Gasteiger partial charge >= 0.3 is 5.97 Å². The molecule has 136 valence electrons. The fourth-order valence-electron chi connectivity index (χ4n) is 2.63. The number of nitrogens with zero attached hydrogens (tertiary/aromatic N) is 4. The van der Waals surface area contributed by atoms with E-state index in [0.717, 1.165) is 22.0 Å². The van der Waals surface area contributed by atoms with Crippen LogP contribution in [0.5, 0.6) is 0 Å². The third kappa shape index (κ3) is 3.83. The first-order chi connectivity index (χ1) is 12.4. The lowest BCUT2D eigenvalue weighted by Gasteiger charge is -2.22. The highest BCUT2D eigenvalue weighted by Crippen LogP contribution is 2.35. The molecule has 3 aromatic heterocycles. The third-order valence-electron chi connectivity index (χ3n) is 3.73. The summed E-state index contributed by atoms with van der Waals surface area (Å²) in [5.74, 6) is -0.264. The second-order valence-electron chi connectivity index (χ2n) is 6.83. The summed E-state index contributed by atoms with van der Waals surface area (Å²) in [5.41, 5.74) is 3.20. The van der Waals surface area contributed by atoms with Gasteiger partial charge in [0.05, 0.1) is 47.4 Å². The lowest BCUT2D eigenvalue weighted by molar-refractivity contribution is -0.142. The summed E-state index contributed by atoms with van der Waals surface area (Å²) in [6, 6.07) is 5.82. The number of hydrogen-bond acceptors (Lipinski definition) is 6. The first-order valence-electron chi connectivity index (χ1n) is 8.50. The van der Waals surface area contributed by atoms with Crippen LogP contribution in [0.2, 0.25) is 0 Å². The lowest BCUT2D eigenvalue weighted by atomic mass is 10.1. The van der Waals surface area contributed by atoms with E-state index in [1.165, 1.54) is 11.3 Å². The first kappa shape index (κ1) is 18.3. The monoisotopic (exact) mass is 370 g/mol. The Kier molecular flexibility index (Phi) is 5.18. The van der Waals surface area contributed by atoms with E-state index in [1.807, 2.05) is 34.5 Å². The molecule has 0 radical (unpaired) electrons. The van der Waals surface area contributed by atoms with Crippen LogP contribution in [0.3, 0.4) is 0 Å². The maximum Gasteiger partial charge on any atom is 0.311 e. The molecule has 0 aliphatic carbocycles. The molecule has 0 unspecified atom stereocenters. The molecule has 0 spiro atoms. The Balaban J connectivity index is 2.02. The van der Waals surface area contributed by atoms with E-state index < -0.39 is 0 Å². The number of aromatic nitrogens is 4. The predicted octanol–water partition coefficient (Wildman–Crippen LogP) is 3.93. The fraction of sp³-hybridized carbons (Fsp3) is 0.368. The van der Waals surface area contributed by atoms with Gasteiger partial charge in [0.15, 0.2) is 0 Å². The van der Waals surface area contributed by atoms with Crippen molar-refractivity contribution in [2.24, 2.45) is 0 Å². The molecule has 0 aliphatic rings. The van der Waals surface area contributed by atoms with Gasteiger partial charge in [-0.15, -0.1) is 11.3 Å². The van der Waals surface area contributed by atoms with Crippen LogP contribution in [0.25, 0.3) is 22.0 Å². The average Bonchev–Trinajstić information content (AvgIpc) is 3.21. The molecule has 7 heteroatoms. The number of carbonyl (C=O) groups excluding carboxylic acids is 1. The zero-order valence-corrected chi connectivity index (χ0v) is 16.2. The number of thiazole rings is 1. The molecule has 0 aromatic carbocycles. The predicted molar refractivity (Wildman–Crippen MR) is 102 cm³/mol. The Labute approximate surface area is 156 Å². The second kappa shape index (κ2) is 7.37. The lowest BCUT2D eigenvalue weighted by Crippen LogP contribution is -2.24. The average molecular weight is 370 g/mol. The Morgan fingerprint density at radius 1 is 1.31 bits per heavy atom. The highest BCUT2D eigenvalue weighted by Gasteiger charge is 2.25. The van der Waals surface area contributed by atoms with Crippen molar-refractivity contribution < 1.29 is 9.53 Å². The third-order valence-corrected chi connectivity index (χ3v) is 4.65. The van der Waals surface area contributed by atoms with Gasteiger partial charge in [-0.05, 0) is 39.8 Å². The van der Waals surface area contributed by atoms with Crippen LogP contribution >= 0.6 is 11.3 Å². The van der Waals surface area contributed by atoms with Crippen molar-refractivity contribution >= 4 is 17.3 Å². The minimum Gasteiger partial charge on any atom is -0.466 e. The minimum atomic E-state index is -0.264. The zero-order chi connectivity index (χ0) is 18.7. The van der Waals surface area contributed by atoms with Crippen molar-refractivity contribution in [3.05, 3.63) is 41.7 Å². The Morgan fingerprint density at radius 2 is 2.12 bits per heavy atom. The standard InChI is InChI=1S/C19H22N4O2S/c1-5-25-16(24)10-13-12-26-18(22-13)14-11-21-23(19(2,3)4)17(14)15-8-6-7-9-20-15/h6-9,11-12H,5,10H2,1-4H3. The van der Waals surface area contributed by atoms with Gasteiger partial charge in [-0.3, -0.25) is 14.5 Å². The van der Waals surface area contributed by atoms with Crippen molar-refractivity contribution in [2.45, 2.75) is 39.7 Å². The number of pyridine rings is 1. The smallest absolute Gasteiger partial charge is 0.311 e. The van der Waals surface area contributed by atoms with E-state index in [9.17, 15) is 4.79 Å². The van der Waals surface area contributed by atoms with Crippen molar-refractivity contribution in [3.63, 3.8) is 0 Å². The van der Waals surface area contributed by atoms with Crippen LogP contribution in [-0.2, 0) is 21.5 Å². The summed E-state index contributed by atoms with van der Waals surface area (Å²) >= 11 is 1.50. The van der Waals surface area contributed by atoms with E-state index in [2.05, 4.69) is 35.8 Å². The first-order valence-corrected chi connectivity index (χ1v) is 9.38. The van der Waals surface area contributed by atoms with Crippen molar-refractivity contribution in [1.29, 1.82) is 0 Å². The summed E-state index contributed by atoms with van der Waals surface area (Å²) < 4.78 is 6.97. The largest absolute Gasteiger partial charge is 0.466 e. The number of carbonyl (C=O) groups is 1. The molecule has 6 nitrogen and oxygen atoms in total.